The van der Waals surface area contributed by atoms with Crippen LogP contribution in [0.2, 0.25) is 0 Å². The van der Waals surface area contributed by atoms with Gasteiger partial charge < -0.3 is 10.4 Å². The highest BCUT2D eigenvalue weighted by molar-refractivity contribution is 5.45. The van der Waals surface area contributed by atoms with Gasteiger partial charge in [0.05, 0.1) is 5.69 Å². The lowest BCUT2D eigenvalue weighted by Gasteiger charge is -2.06. The maximum Gasteiger partial charge on any atom is 0.146 e. The van der Waals surface area contributed by atoms with E-state index in [0.29, 0.717) is 18.7 Å². The molecule has 3 heteroatoms. The zero-order chi connectivity index (χ0) is 9.68. The number of aliphatic hydroxyl groups is 1. The van der Waals surface area contributed by atoms with Gasteiger partial charge in [0.15, 0.2) is 0 Å². The normalized spacial score (nSPS) is 10.1. The second-order valence-electron chi connectivity index (χ2n) is 2.99. The fraction of sp³-hybridized carbons (Fsp3) is 0.400. The van der Waals surface area contributed by atoms with Gasteiger partial charge >= 0.3 is 0 Å². The molecule has 1 rings (SSSR count). The van der Waals surface area contributed by atoms with Gasteiger partial charge in [-0.3, -0.25) is 0 Å². The lowest BCUT2D eigenvalue weighted by Crippen LogP contribution is -2.04. The van der Waals surface area contributed by atoms with Crippen LogP contribution in [0, 0.1) is 12.7 Å². The summed E-state index contributed by atoms with van der Waals surface area (Å²) in [4.78, 5) is 0. The first-order valence-electron chi connectivity index (χ1n) is 4.35. The Morgan fingerprint density at radius 3 is 2.85 bits per heavy atom. The van der Waals surface area contributed by atoms with Crippen molar-refractivity contribution < 1.29 is 9.50 Å². The summed E-state index contributed by atoms with van der Waals surface area (Å²) < 4.78 is 13.2. The average molecular weight is 183 g/mol. The Labute approximate surface area is 77.4 Å². The minimum absolute atomic E-state index is 0.125. The summed E-state index contributed by atoms with van der Waals surface area (Å²) in [5, 5.41) is 11.4. The summed E-state index contributed by atoms with van der Waals surface area (Å²) >= 11 is 0. The summed E-state index contributed by atoms with van der Waals surface area (Å²) in [7, 11) is 0. The molecule has 0 aliphatic heterocycles. The van der Waals surface area contributed by atoms with Gasteiger partial charge in [-0.1, -0.05) is 6.07 Å². The molecule has 0 unspecified atom stereocenters. The summed E-state index contributed by atoms with van der Waals surface area (Å²) in [6, 6.07) is 5.05. The van der Waals surface area contributed by atoms with Crippen LogP contribution in [0.15, 0.2) is 18.2 Å². The van der Waals surface area contributed by atoms with Crippen molar-refractivity contribution in [1.82, 2.24) is 0 Å². The third kappa shape index (κ3) is 3.03. The smallest absolute Gasteiger partial charge is 0.146 e. The van der Waals surface area contributed by atoms with Crippen molar-refractivity contribution in [2.45, 2.75) is 13.3 Å². The highest BCUT2D eigenvalue weighted by atomic mass is 19.1. The number of benzene rings is 1. The van der Waals surface area contributed by atoms with Crippen LogP contribution in [-0.2, 0) is 0 Å². The molecule has 0 aliphatic carbocycles. The molecule has 1 aromatic carbocycles. The molecule has 0 atom stereocenters. The van der Waals surface area contributed by atoms with Gasteiger partial charge in [-0.25, -0.2) is 4.39 Å². The highest BCUT2D eigenvalue weighted by Gasteiger charge is 1.99. The molecular weight excluding hydrogens is 169 g/mol. The predicted octanol–water partition coefficient (Wildman–Crippen LogP) is 1.93. The number of nitrogens with one attached hydrogen (secondary N) is 1. The third-order valence-corrected chi connectivity index (χ3v) is 1.77. The minimum atomic E-state index is -0.238. The van der Waals surface area contributed by atoms with E-state index in [1.807, 2.05) is 13.0 Å². The summed E-state index contributed by atoms with van der Waals surface area (Å²) in [6.45, 7) is 2.57. The van der Waals surface area contributed by atoms with Gasteiger partial charge in [0, 0.05) is 13.2 Å². The van der Waals surface area contributed by atoms with E-state index in [9.17, 15) is 4.39 Å². The molecule has 0 amide bonds. The van der Waals surface area contributed by atoms with E-state index in [2.05, 4.69) is 5.32 Å². The Balaban J connectivity index is 2.56. The van der Waals surface area contributed by atoms with Gasteiger partial charge in [-0.05, 0) is 31.0 Å². The fourth-order valence-electron chi connectivity index (χ4n) is 1.07. The van der Waals surface area contributed by atoms with E-state index in [0.717, 1.165) is 5.56 Å². The summed E-state index contributed by atoms with van der Waals surface area (Å²) in [6.07, 6.45) is 0.632. The monoisotopic (exact) mass is 183 g/mol. The van der Waals surface area contributed by atoms with E-state index in [1.165, 1.54) is 6.07 Å². The first-order valence-corrected chi connectivity index (χ1v) is 4.35. The van der Waals surface area contributed by atoms with E-state index in [4.69, 9.17) is 5.11 Å². The summed E-state index contributed by atoms with van der Waals surface area (Å²) in [5.41, 5.74) is 1.41. The van der Waals surface area contributed by atoms with Gasteiger partial charge in [0.2, 0.25) is 0 Å². The van der Waals surface area contributed by atoms with Crippen molar-refractivity contribution in [3.05, 3.63) is 29.6 Å². The van der Waals surface area contributed by atoms with Crippen molar-refractivity contribution >= 4 is 5.69 Å². The molecule has 2 nitrogen and oxygen atoms in total. The minimum Gasteiger partial charge on any atom is -0.396 e. The SMILES string of the molecule is Cc1ccc(NCCCO)c(F)c1. The predicted molar refractivity (Wildman–Crippen MR) is 51.3 cm³/mol. The van der Waals surface area contributed by atoms with E-state index in [1.54, 1.807) is 6.07 Å². The average Bonchev–Trinajstić information content (AvgIpc) is 2.09. The third-order valence-electron chi connectivity index (χ3n) is 1.77. The molecule has 1 aromatic rings. The molecule has 0 spiro atoms. The quantitative estimate of drug-likeness (QED) is 0.699. The first-order chi connectivity index (χ1) is 6.24. The molecule has 0 aromatic heterocycles. The van der Waals surface area contributed by atoms with Crippen molar-refractivity contribution in [3.8, 4) is 0 Å². The van der Waals surface area contributed by atoms with E-state index in [-0.39, 0.29) is 12.4 Å². The van der Waals surface area contributed by atoms with Crippen LogP contribution >= 0.6 is 0 Å². The van der Waals surface area contributed by atoms with Gasteiger partial charge in [0.25, 0.3) is 0 Å². The van der Waals surface area contributed by atoms with Crippen LogP contribution in [0.25, 0.3) is 0 Å². The van der Waals surface area contributed by atoms with Gasteiger partial charge in [-0.2, -0.15) is 0 Å². The first kappa shape index (κ1) is 9.99. The Morgan fingerprint density at radius 1 is 1.46 bits per heavy atom. The largest absolute Gasteiger partial charge is 0.396 e. The van der Waals surface area contributed by atoms with Crippen LogP contribution in [0.5, 0.6) is 0 Å². The van der Waals surface area contributed by atoms with E-state index >= 15 is 0 Å². The van der Waals surface area contributed by atoms with Crippen LogP contribution in [-0.4, -0.2) is 18.3 Å². The van der Waals surface area contributed by atoms with Crippen molar-refractivity contribution in [2.75, 3.05) is 18.5 Å². The Kier molecular flexibility index (Phi) is 3.71. The van der Waals surface area contributed by atoms with Crippen LogP contribution in [0.4, 0.5) is 10.1 Å². The molecule has 0 radical (unpaired) electrons. The number of rotatable bonds is 4. The molecule has 0 bridgehead atoms. The molecule has 0 aliphatic rings. The molecule has 0 fully saturated rings. The zero-order valence-corrected chi connectivity index (χ0v) is 7.68. The van der Waals surface area contributed by atoms with Gasteiger partial charge in [0.1, 0.15) is 5.82 Å². The standard InChI is InChI=1S/C10H14FNO/c1-8-3-4-10(9(11)7-8)12-5-2-6-13/h3-4,7,12-13H,2,5-6H2,1H3. The molecule has 0 saturated heterocycles. The van der Waals surface area contributed by atoms with Crippen LogP contribution < -0.4 is 5.32 Å². The van der Waals surface area contributed by atoms with E-state index < -0.39 is 0 Å². The fourth-order valence-corrected chi connectivity index (χ4v) is 1.07. The Bertz CT molecular complexity index is 276. The van der Waals surface area contributed by atoms with Crippen LogP contribution in [0.3, 0.4) is 0 Å². The molecule has 13 heavy (non-hydrogen) atoms. The zero-order valence-electron chi connectivity index (χ0n) is 7.68. The second kappa shape index (κ2) is 4.82. The number of aliphatic hydroxyl groups excluding tert-OH is 1. The maximum absolute atomic E-state index is 13.2. The van der Waals surface area contributed by atoms with Crippen molar-refractivity contribution in [3.63, 3.8) is 0 Å². The molecular formula is C10H14FNO. The number of hydrogen-bond donors (Lipinski definition) is 2. The molecule has 72 valence electrons. The Hall–Kier alpha value is -1.09. The number of hydrogen-bond acceptors (Lipinski definition) is 2. The van der Waals surface area contributed by atoms with Gasteiger partial charge in [-0.15, -0.1) is 0 Å². The lowest BCUT2D eigenvalue weighted by molar-refractivity contribution is 0.292. The molecule has 2 N–H and O–H groups in total. The van der Waals surface area contributed by atoms with Crippen LogP contribution in [0.1, 0.15) is 12.0 Å². The van der Waals surface area contributed by atoms with Crippen molar-refractivity contribution in [2.24, 2.45) is 0 Å². The number of anilines is 1. The highest BCUT2D eigenvalue weighted by Crippen LogP contribution is 2.14. The number of aryl methyl sites for hydroxylation is 1. The second-order valence-corrected chi connectivity index (χ2v) is 2.99. The molecule has 0 heterocycles. The lowest BCUT2D eigenvalue weighted by atomic mass is 10.2. The maximum atomic E-state index is 13.2. The van der Waals surface area contributed by atoms with Crippen molar-refractivity contribution in [1.29, 1.82) is 0 Å². The topological polar surface area (TPSA) is 32.3 Å². The number of halogens is 1. The summed E-state index contributed by atoms with van der Waals surface area (Å²) in [5.74, 6) is -0.238. The molecule has 0 saturated carbocycles. The Morgan fingerprint density at radius 2 is 2.23 bits per heavy atom.